The summed E-state index contributed by atoms with van der Waals surface area (Å²) in [6.45, 7) is 22.8. The molecule has 0 spiro atoms. The van der Waals surface area contributed by atoms with E-state index in [2.05, 4.69) is 41.5 Å². The van der Waals surface area contributed by atoms with E-state index in [-0.39, 0.29) is 75.7 Å². The number of esters is 3. The van der Waals surface area contributed by atoms with Crippen LogP contribution in [0.2, 0.25) is 0 Å². The molecular formula is C72H96O18. The van der Waals surface area contributed by atoms with Crippen LogP contribution >= 0.6 is 0 Å². The molecule has 0 heterocycles. The van der Waals surface area contributed by atoms with Gasteiger partial charge in [0, 0.05) is 37.0 Å². The zero-order valence-electron chi connectivity index (χ0n) is 54.4. The Balaban J connectivity index is 0.000000288. The highest BCUT2D eigenvalue weighted by Gasteiger charge is 2.27. The van der Waals surface area contributed by atoms with Crippen molar-refractivity contribution in [1.29, 1.82) is 0 Å². The minimum absolute atomic E-state index is 0.0903. The van der Waals surface area contributed by atoms with E-state index in [9.17, 15) is 45.0 Å². The molecule has 0 bridgehead atoms. The van der Waals surface area contributed by atoms with Crippen molar-refractivity contribution in [3.8, 4) is 34.5 Å². The van der Waals surface area contributed by atoms with E-state index in [0.29, 0.717) is 36.5 Å². The predicted octanol–water partition coefficient (Wildman–Crippen LogP) is 10.4. The van der Waals surface area contributed by atoms with Crippen LogP contribution in [0.5, 0.6) is 34.5 Å². The van der Waals surface area contributed by atoms with Gasteiger partial charge in [0.1, 0.15) is 74.1 Å². The summed E-state index contributed by atoms with van der Waals surface area (Å²) in [5.41, 5.74) is 6.05. The summed E-state index contributed by atoms with van der Waals surface area (Å²) in [5, 5.41) is 56.6. The van der Waals surface area contributed by atoms with Crippen LogP contribution in [-0.4, -0.2) is 145 Å². The van der Waals surface area contributed by atoms with Gasteiger partial charge in [0.2, 0.25) is 0 Å². The number of rotatable bonds is 33. The van der Waals surface area contributed by atoms with Crippen LogP contribution in [-0.2, 0) is 44.8 Å². The Labute approximate surface area is 531 Å². The van der Waals surface area contributed by atoms with E-state index < -0.39 is 54.5 Å². The zero-order chi connectivity index (χ0) is 66.4. The fraction of sp³-hybridized carbons (Fsp3) is 0.458. The first-order valence-corrected chi connectivity index (χ1v) is 30.6. The lowest BCUT2D eigenvalue weighted by molar-refractivity contribution is -0.150. The normalized spacial score (nSPS) is 13.4. The minimum Gasteiger partial charge on any atom is -0.491 e. The summed E-state index contributed by atoms with van der Waals surface area (Å²) in [7, 11) is 0. The number of carbonyl (C=O) groups is 3. The number of hydrogen-bond acceptors (Lipinski definition) is 18. The molecule has 6 aromatic carbocycles. The average molecular weight is 1250 g/mol. The summed E-state index contributed by atoms with van der Waals surface area (Å²) in [6.07, 6.45) is -1.43. The van der Waals surface area contributed by atoms with Crippen molar-refractivity contribution in [2.75, 3.05) is 59.5 Å². The fourth-order valence-electron chi connectivity index (χ4n) is 8.88. The number of hydrogen-bond donors (Lipinski definition) is 6. The topological polar surface area (TPSA) is 256 Å². The summed E-state index contributed by atoms with van der Waals surface area (Å²) < 4.78 is 48.6. The van der Waals surface area contributed by atoms with Crippen molar-refractivity contribution < 1.29 is 87.7 Å². The second kappa shape index (κ2) is 37.5. The maximum absolute atomic E-state index is 11.0. The molecule has 0 aliphatic rings. The van der Waals surface area contributed by atoms with Gasteiger partial charge in [-0.3, -0.25) is 14.4 Å². The van der Waals surface area contributed by atoms with Gasteiger partial charge in [-0.15, -0.1) is 0 Å². The van der Waals surface area contributed by atoms with Crippen molar-refractivity contribution in [2.45, 2.75) is 155 Å². The van der Waals surface area contributed by atoms with Gasteiger partial charge in [0.25, 0.3) is 0 Å². The van der Waals surface area contributed by atoms with Crippen LogP contribution in [0.25, 0.3) is 0 Å². The lowest BCUT2D eigenvalue weighted by atomic mass is 9.78. The van der Waals surface area contributed by atoms with E-state index in [0.717, 1.165) is 50.6 Å². The summed E-state index contributed by atoms with van der Waals surface area (Å²) in [5.74, 6) is 2.76. The summed E-state index contributed by atoms with van der Waals surface area (Å²) in [6, 6.07) is 46.9. The highest BCUT2D eigenvalue weighted by Crippen LogP contribution is 2.36. The first-order chi connectivity index (χ1) is 42.8. The molecule has 0 saturated carbocycles. The Kier molecular flexibility index (Phi) is 31.1. The molecule has 0 aromatic heterocycles. The first-order valence-electron chi connectivity index (χ1n) is 30.6. The molecule has 6 atom stereocenters. The number of benzene rings is 6. The van der Waals surface area contributed by atoms with E-state index in [1.807, 2.05) is 166 Å². The first kappa shape index (κ1) is 74.8. The Morgan fingerprint density at radius 1 is 0.311 bits per heavy atom. The molecule has 90 heavy (non-hydrogen) atoms. The van der Waals surface area contributed by atoms with Gasteiger partial charge in [-0.25, -0.2) is 0 Å². The van der Waals surface area contributed by atoms with Crippen LogP contribution in [0.3, 0.4) is 0 Å². The molecule has 0 aliphatic heterocycles. The van der Waals surface area contributed by atoms with Gasteiger partial charge < -0.3 is 73.3 Å². The Morgan fingerprint density at radius 2 is 0.467 bits per heavy atom. The maximum atomic E-state index is 11.0. The van der Waals surface area contributed by atoms with Crippen molar-refractivity contribution in [1.82, 2.24) is 0 Å². The Bertz CT molecular complexity index is 2670. The third-order valence-corrected chi connectivity index (χ3v) is 15.1. The molecule has 0 saturated heterocycles. The summed E-state index contributed by atoms with van der Waals surface area (Å²) in [4.78, 5) is 33.0. The van der Waals surface area contributed by atoms with E-state index >= 15 is 0 Å². The highest BCUT2D eigenvalue weighted by molar-refractivity contribution is 5.67. The van der Waals surface area contributed by atoms with Crippen molar-refractivity contribution >= 4 is 17.9 Å². The SMILES string of the molecule is CCC(O)COc1ccc(C(C)(C)c2ccc(OCC(CO)OC(C)=O)cc2)cc1.CC[C@@H](O)COc1ccc(C(C)(C)c2ccc(OC[C@H](CO)OC(C)=O)cc2)cc1.CC[C@H](O)COc1ccc(C(C)(C)c2ccc(OC[C@@H](CO)OC(C)=O)cc2)cc1. The van der Waals surface area contributed by atoms with E-state index in [1.54, 1.807) is 0 Å². The van der Waals surface area contributed by atoms with Crippen LogP contribution in [0.1, 0.15) is 136 Å². The molecule has 6 aromatic rings. The van der Waals surface area contributed by atoms with E-state index in [4.69, 9.17) is 42.6 Å². The van der Waals surface area contributed by atoms with Crippen molar-refractivity contribution in [3.05, 3.63) is 179 Å². The molecule has 2 unspecified atom stereocenters. The zero-order valence-corrected chi connectivity index (χ0v) is 54.4. The van der Waals surface area contributed by atoms with E-state index in [1.165, 1.54) is 20.8 Å². The molecule has 0 fully saturated rings. The van der Waals surface area contributed by atoms with Gasteiger partial charge in [0.15, 0.2) is 18.3 Å². The standard InChI is InChI=1S/3C24H32O6/c3*1-5-20(27)15-28-21-10-6-18(7-11-21)24(3,4)19-8-12-22(13-9-19)29-16-23(14-25)30-17(2)26/h3*6-13,20,23,25,27H,5,14-16H2,1-4H3/t2*20-,23+;/m10./s1. The fourth-order valence-corrected chi connectivity index (χ4v) is 8.88. The van der Waals surface area contributed by atoms with Crippen LogP contribution in [0.15, 0.2) is 146 Å². The number of aliphatic hydroxyl groups excluding tert-OH is 6. The number of carbonyl (C=O) groups excluding carboxylic acids is 3. The largest absolute Gasteiger partial charge is 0.491 e. The molecule has 18 nitrogen and oxygen atoms in total. The smallest absolute Gasteiger partial charge is 0.303 e. The monoisotopic (exact) mass is 1250 g/mol. The van der Waals surface area contributed by atoms with Gasteiger partial charge in [-0.2, -0.15) is 0 Å². The molecule has 492 valence electrons. The lowest BCUT2D eigenvalue weighted by Gasteiger charge is -2.26. The molecule has 0 amide bonds. The molecule has 6 N–H and O–H groups in total. The average Bonchev–Trinajstić information content (AvgIpc) is 1.14. The van der Waals surface area contributed by atoms with Gasteiger partial charge in [0.05, 0.1) is 38.1 Å². The molecule has 0 radical (unpaired) electrons. The van der Waals surface area contributed by atoms with Gasteiger partial charge in [-0.05, 0) is 125 Å². The molecule has 6 rings (SSSR count). The predicted molar refractivity (Wildman–Crippen MR) is 345 cm³/mol. The Hall–Kier alpha value is -7.71. The molecule has 18 heteroatoms. The van der Waals surface area contributed by atoms with Crippen LogP contribution in [0, 0.1) is 0 Å². The quantitative estimate of drug-likeness (QED) is 0.0165. The lowest BCUT2D eigenvalue weighted by Crippen LogP contribution is -2.27. The third kappa shape index (κ3) is 24.9. The summed E-state index contributed by atoms with van der Waals surface area (Å²) >= 11 is 0. The number of aliphatic hydroxyl groups is 6. The molecular weight excluding hydrogens is 1150 g/mol. The van der Waals surface area contributed by atoms with Gasteiger partial charge in [-0.1, -0.05) is 135 Å². The highest BCUT2D eigenvalue weighted by atomic mass is 16.6. The third-order valence-electron chi connectivity index (χ3n) is 15.1. The second-order valence-electron chi connectivity index (χ2n) is 23.3. The minimum atomic E-state index is -0.683. The Morgan fingerprint density at radius 3 is 0.600 bits per heavy atom. The van der Waals surface area contributed by atoms with Crippen molar-refractivity contribution in [2.24, 2.45) is 0 Å². The van der Waals surface area contributed by atoms with Crippen LogP contribution in [0.4, 0.5) is 0 Å². The maximum Gasteiger partial charge on any atom is 0.303 e. The van der Waals surface area contributed by atoms with Crippen LogP contribution < -0.4 is 28.4 Å². The van der Waals surface area contributed by atoms with Crippen molar-refractivity contribution in [3.63, 3.8) is 0 Å². The molecule has 0 aliphatic carbocycles. The second-order valence-corrected chi connectivity index (χ2v) is 23.3. The number of ether oxygens (including phenoxy) is 9. The van der Waals surface area contributed by atoms with Gasteiger partial charge >= 0.3 is 17.9 Å².